The van der Waals surface area contributed by atoms with Crippen molar-refractivity contribution in [2.75, 3.05) is 14.2 Å². The van der Waals surface area contributed by atoms with Gasteiger partial charge in [-0.25, -0.2) is 0 Å². The van der Waals surface area contributed by atoms with Crippen LogP contribution in [0.3, 0.4) is 0 Å². The number of hydrogen-bond donors (Lipinski definition) is 0. The molecule has 1 aromatic heterocycles. The summed E-state index contributed by atoms with van der Waals surface area (Å²) in [5.74, 6) is 1.00. The number of furan rings is 1. The molecule has 0 aliphatic rings. The second-order valence-electron chi connectivity index (χ2n) is 3.87. The first-order valence-corrected chi connectivity index (χ1v) is 5.99. The molecule has 0 unspecified atom stereocenters. The third-order valence-corrected chi connectivity index (χ3v) is 2.81. The van der Waals surface area contributed by atoms with E-state index in [1.807, 2.05) is 0 Å². The average Bonchev–Trinajstić information content (AvgIpc) is 2.87. The van der Waals surface area contributed by atoms with Crippen molar-refractivity contribution >= 4 is 17.4 Å². The molecule has 5 heteroatoms. The van der Waals surface area contributed by atoms with Crippen molar-refractivity contribution in [1.82, 2.24) is 0 Å². The van der Waals surface area contributed by atoms with Gasteiger partial charge in [0, 0.05) is 12.1 Å². The predicted molar refractivity (Wildman–Crippen MR) is 70.9 cm³/mol. The Labute approximate surface area is 115 Å². The van der Waals surface area contributed by atoms with Gasteiger partial charge in [-0.2, -0.15) is 0 Å². The topological polar surface area (TPSA) is 48.7 Å². The molecular weight excluding hydrogens is 268 g/mol. The minimum Gasteiger partial charge on any atom is -0.496 e. The quantitative estimate of drug-likeness (QED) is 0.788. The Morgan fingerprint density at radius 1 is 1.26 bits per heavy atom. The summed E-state index contributed by atoms with van der Waals surface area (Å²) in [6.45, 7) is 0.319. The number of benzene rings is 1. The highest BCUT2D eigenvalue weighted by molar-refractivity contribution is 6.31. The average molecular weight is 281 g/mol. The zero-order valence-corrected chi connectivity index (χ0v) is 11.4. The first-order chi connectivity index (χ1) is 9.15. The van der Waals surface area contributed by atoms with Crippen LogP contribution in [0.2, 0.25) is 5.02 Å². The minimum absolute atomic E-state index is 0.229. The lowest BCUT2D eigenvalue weighted by molar-refractivity contribution is 0.0997. The maximum Gasteiger partial charge on any atom is 0.231 e. The van der Waals surface area contributed by atoms with Gasteiger partial charge in [-0.15, -0.1) is 0 Å². The Hall–Kier alpha value is -1.78. The molecule has 0 saturated carbocycles. The normalized spacial score (nSPS) is 10.5. The molecule has 0 bridgehead atoms. The number of methoxy groups -OCH3 is 2. The van der Waals surface area contributed by atoms with Gasteiger partial charge < -0.3 is 13.9 Å². The monoisotopic (exact) mass is 280 g/mol. The number of ether oxygens (including phenoxy) is 2. The van der Waals surface area contributed by atoms with Crippen molar-refractivity contribution in [1.29, 1.82) is 0 Å². The number of hydrogen-bond acceptors (Lipinski definition) is 4. The van der Waals surface area contributed by atoms with Crippen LogP contribution in [0.1, 0.15) is 21.9 Å². The van der Waals surface area contributed by atoms with Crippen molar-refractivity contribution in [3.63, 3.8) is 0 Å². The van der Waals surface area contributed by atoms with Crippen LogP contribution in [0.4, 0.5) is 0 Å². The van der Waals surface area contributed by atoms with Crippen LogP contribution in [0.15, 0.2) is 34.7 Å². The summed E-state index contributed by atoms with van der Waals surface area (Å²) in [6.07, 6.45) is 0. The van der Waals surface area contributed by atoms with Crippen molar-refractivity contribution in [2.24, 2.45) is 0 Å². The van der Waals surface area contributed by atoms with E-state index in [1.54, 1.807) is 37.4 Å². The molecule has 1 aromatic carbocycles. The van der Waals surface area contributed by atoms with Crippen LogP contribution < -0.4 is 4.74 Å². The Balaban J connectivity index is 2.34. The fourth-order valence-corrected chi connectivity index (χ4v) is 1.88. The summed E-state index contributed by atoms with van der Waals surface area (Å²) >= 11 is 5.90. The van der Waals surface area contributed by atoms with Crippen molar-refractivity contribution in [3.8, 4) is 5.75 Å². The largest absolute Gasteiger partial charge is 0.496 e. The van der Waals surface area contributed by atoms with Gasteiger partial charge in [0.15, 0.2) is 5.76 Å². The van der Waals surface area contributed by atoms with Crippen LogP contribution in [0, 0.1) is 0 Å². The molecule has 4 nitrogen and oxygen atoms in total. The van der Waals surface area contributed by atoms with E-state index in [9.17, 15) is 4.79 Å². The van der Waals surface area contributed by atoms with E-state index in [0.29, 0.717) is 28.7 Å². The van der Waals surface area contributed by atoms with Gasteiger partial charge in [0.1, 0.15) is 18.1 Å². The molecule has 2 rings (SSSR count). The van der Waals surface area contributed by atoms with Crippen LogP contribution in [0.25, 0.3) is 0 Å². The van der Waals surface area contributed by atoms with Gasteiger partial charge in [-0.05, 0) is 30.3 Å². The van der Waals surface area contributed by atoms with Crippen LogP contribution >= 0.6 is 11.6 Å². The third kappa shape index (κ3) is 2.97. The standard InChI is InChI=1S/C14H13ClO4/c1-17-8-10-4-6-13(19-10)14(16)11-7-9(15)3-5-12(11)18-2/h3-7H,8H2,1-2H3. The highest BCUT2D eigenvalue weighted by Crippen LogP contribution is 2.26. The van der Waals surface area contributed by atoms with E-state index in [2.05, 4.69) is 0 Å². The van der Waals surface area contributed by atoms with E-state index < -0.39 is 0 Å². The van der Waals surface area contributed by atoms with Crippen LogP contribution in [-0.2, 0) is 11.3 Å². The summed E-state index contributed by atoms with van der Waals surface area (Å²) in [7, 11) is 3.06. The molecule has 0 aliphatic carbocycles. The lowest BCUT2D eigenvalue weighted by Gasteiger charge is -2.06. The van der Waals surface area contributed by atoms with Crippen molar-refractivity contribution in [2.45, 2.75) is 6.61 Å². The van der Waals surface area contributed by atoms with Gasteiger partial charge in [-0.1, -0.05) is 11.6 Å². The van der Waals surface area contributed by atoms with Gasteiger partial charge in [0.2, 0.25) is 5.78 Å². The molecule has 0 radical (unpaired) electrons. The molecular formula is C14H13ClO4. The first kappa shape index (κ1) is 13.6. The number of carbonyl (C=O) groups is 1. The SMILES string of the molecule is COCc1ccc(C(=O)c2cc(Cl)ccc2OC)o1. The maximum atomic E-state index is 12.3. The lowest BCUT2D eigenvalue weighted by Crippen LogP contribution is -2.02. The fourth-order valence-electron chi connectivity index (χ4n) is 1.71. The van der Waals surface area contributed by atoms with Crippen molar-refractivity contribution in [3.05, 3.63) is 52.4 Å². The van der Waals surface area contributed by atoms with Gasteiger partial charge in [0.25, 0.3) is 0 Å². The number of rotatable bonds is 5. The molecule has 0 spiro atoms. The van der Waals surface area contributed by atoms with Crippen LogP contribution in [-0.4, -0.2) is 20.0 Å². The summed E-state index contributed by atoms with van der Waals surface area (Å²) in [6, 6.07) is 8.18. The summed E-state index contributed by atoms with van der Waals surface area (Å²) in [4.78, 5) is 12.3. The molecule has 0 aliphatic heterocycles. The Morgan fingerprint density at radius 3 is 2.74 bits per heavy atom. The van der Waals surface area contributed by atoms with Crippen LogP contribution in [0.5, 0.6) is 5.75 Å². The summed E-state index contributed by atoms with van der Waals surface area (Å²) < 4.78 is 15.5. The molecule has 0 amide bonds. The maximum absolute atomic E-state index is 12.3. The minimum atomic E-state index is -0.276. The molecule has 0 atom stereocenters. The van der Waals surface area contributed by atoms with Gasteiger partial charge >= 0.3 is 0 Å². The second-order valence-corrected chi connectivity index (χ2v) is 4.31. The summed E-state index contributed by atoms with van der Waals surface area (Å²) in [5.41, 5.74) is 0.369. The number of carbonyl (C=O) groups excluding carboxylic acids is 1. The summed E-state index contributed by atoms with van der Waals surface area (Å²) in [5, 5.41) is 0.466. The Kier molecular flexibility index (Phi) is 4.24. The zero-order chi connectivity index (χ0) is 13.8. The molecule has 0 N–H and O–H groups in total. The fraction of sp³-hybridized carbons (Fsp3) is 0.214. The molecule has 1 heterocycles. The van der Waals surface area contributed by atoms with Gasteiger partial charge in [-0.3, -0.25) is 4.79 Å². The predicted octanol–water partition coefficient (Wildman–Crippen LogP) is 3.32. The third-order valence-electron chi connectivity index (χ3n) is 2.58. The smallest absolute Gasteiger partial charge is 0.231 e. The second kappa shape index (κ2) is 5.91. The molecule has 19 heavy (non-hydrogen) atoms. The number of halogens is 1. The van der Waals surface area contributed by atoms with E-state index >= 15 is 0 Å². The molecule has 0 saturated heterocycles. The zero-order valence-electron chi connectivity index (χ0n) is 10.6. The highest BCUT2D eigenvalue weighted by atomic mass is 35.5. The Bertz CT molecular complexity index is 589. The highest BCUT2D eigenvalue weighted by Gasteiger charge is 2.18. The van der Waals surface area contributed by atoms with Crippen molar-refractivity contribution < 1.29 is 18.7 Å². The van der Waals surface area contributed by atoms with E-state index in [-0.39, 0.29) is 11.5 Å². The number of ketones is 1. The molecule has 2 aromatic rings. The van der Waals surface area contributed by atoms with E-state index in [4.69, 9.17) is 25.5 Å². The van der Waals surface area contributed by atoms with E-state index in [0.717, 1.165) is 0 Å². The molecule has 0 fully saturated rings. The van der Waals surface area contributed by atoms with E-state index in [1.165, 1.54) is 7.11 Å². The molecule has 100 valence electrons. The Morgan fingerprint density at radius 2 is 2.05 bits per heavy atom. The van der Waals surface area contributed by atoms with Gasteiger partial charge in [0.05, 0.1) is 12.7 Å². The first-order valence-electron chi connectivity index (χ1n) is 5.61. The lowest BCUT2D eigenvalue weighted by atomic mass is 10.1.